The molecule has 0 aliphatic carbocycles. The third kappa shape index (κ3) is 2.85. The molecular weight excluding hydrogens is 182 g/mol. The van der Waals surface area contributed by atoms with E-state index in [2.05, 4.69) is 11.9 Å². The van der Waals surface area contributed by atoms with Gasteiger partial charge in [0.25, 0.3) is 0 Å². The standard InChI is InChI=1S/C11H14ClN/c1-3-8-13-9(2)10-6-4-5-7-11(10)12/h4-7H,3,8H2,1-2H3. The summed E-state index contributed by atoms with van der Waals surface area (Å²) in [6.45, 7) is 4.98. The summed E-state index contributed by atoms with van der Waals surface area (Å²) in [4.78, 5) is 4.41. The van der Waals surface area contributed by atoms with Crippen molar-refractivity contribution in [1.82, 2.24) is 0 Å². The van der Waals surface area contributed by atoms with Crippen molar-refractivity contribution in [1.29, 1.82) is 0 Å². The van der Waals surface area contributed by atoms with E-state index >= 15 is 0 Å². The van der Waals surface area contributed by atoms with Crippen LogP contribution in [-0.2, 0) is 0 Å². The van der Waals surface area contributed by atoms with Gasteiger partial charge in [0.1, 0.15) is 0 Å². The molecule has 0 spiro atoms. The van der Waals surface area contributed by atoms with E-state index < -0.39 is 0 Å². The Labute approximate surface area is 84.5 Å². The van der Waals surface area contributed by atoms with Crippen molar-refractivity contribution >= 4 is 17.3 Å². The number of nitrogens with zero attached hydrogens (tertiary/aromatic N) is 1. The molecule has 1 nitrogen and oxygen atoms in total. The minimum absolute atomic E-state index is 0.778. The van der Waals surface area contributed by atoms with Crippen molar-refractivity contribution in [2.24, 2.45) is 4.99 Å². The molecule has 0 saturated carbocycles. The monoisotopic (exact) mass is 195 g/mol. The number of rotatable bonds is 3. The van der Waals surface area contributed by atoms with Crippen LogP contribution in [0.4, 0.5) is 0 Å². The van der Waals surface area contributed by atoms with Gasteiger partial charge in [-0.15, -0.1) is 0 Å². The van der Waals surface area contributed by atoms with Gasteiger partial charge in [0.15, 0.2) is 0 Å². The molecule has 70 valence electrons. The molecule has 0 N–H and O–H groups in total. The van der Waals surface area contributed by atoms with Gasteiger partial charge in [0.2, 0.25) is 0 Å². The first-order valence-electron chi connectivity index (χ1n) is 4.51. The van der Waals surface area contributed by atoms with E-state index in [0.717, 1.165) is 29.3 Å². The SMILES string of the molecule is CCCN=C(C)c1ccccc1Cl. The van der Waals surface area contributed by atoms with Crippen LogP contribution in [0.15, 0.2) is 29.3 Å². The van der Waals surface area contributed by atoms with Crippen LogP contribution >= 0.6 is 11.6 Å². The van der Waals surface area contributed by atoms with E-state index in [1.807, 2.05) is 31.2 Å². The Morgan fingerprint density at radius 1 is 1.38 bits per heavy atom. The van der Waals surface area contributed by atoms with Gasteiger partial charge in [-0.1, -0.05) is 36.7 Å². The molecular formula is C11H14ClN. The maximum atomic E-state index is 6.02. The highest BCUT2D eigenvalue weighted by Crippen LogP contribution is 2.15. The summed E-state index contributed by atoms with van der Waals surface area (Å²) in [5.74, 6) is 0. The number of benzene rings is 1. The Hall–Kier alpha value is -0.820. The largest absolute Gasteiger partial charge is 0.289 e. The van der Waals surface area contributed by atoms with Crippen LogP contribution in [0.5, 0.6) is 0 Å². The van der Waals surface area contributed by atoms with Crippen LogP contribution in [0.2, 0.25) is 5.02 Å². The third-order valence-electron chi connectivity index (χ3n) is 1.84. The van der Waals surface area contributed by atoms with Crippen molar-refractivity contribution in [2.45, 2.75) is 20.3 Å². The Morgan fingerprint density at radius 3 is 2.69 bits per heavy atom. The van der Waals surface area contributed by atoms with Crippen LogP contribution in [0.1, 0.15) is 25.8 Å². The zero-order chi connectivity index (χ0) is 9.68. The van der Waals surface area contributed by atoms with Crippen molar-refractivity contribution in [3.8, 4) is 0 Å². The molecule has 2 heteroatoms. The van der Waals surface area contributed by atoms with E-state index in [1.54, 1.807) is 0 Å². The van der Waals surface area contributed by atoms with Crippen LogP contribution in [0.3, 0.4) is 0 Å². The van der Waals surface area contributed by atoms with E-state index in [0.29, 0.717) is 0 Å². The van der Waals surface area contributed by atoms with Gasteiger partial charge in [0, 0.05) is 22.8 Å². The van der Waals surface area contributed by atoms with Crippen molar-refractivity contribution in [3.05, 3.63) is 34.9 Å². The zero-order valence-electron chi connectivity index (χ0n) is 8.05. The molecule has 0 fully saturated rings. The van der Waals surface area contributed by atoms with E-state index in [-0.39, 0.29) is 0 Å². The van der Waals surface area contributed by atoms with Gasteiger partial charge in [-0.05, 0) is 19.4 Å². The second kappa shape index (κ2) is 5.03. The van der Waals surface area contributed by atoms with Gasteiger partial charge in [-0.2, -0.15) is 0 Å². The number of hydrogen-bond donors (Lipinski definition) is 0. The first-order valence-corrected chi connectivity index (χ1v) is 4.89. The predicted octanol–water partition coefficient (Wildman–Crippen LogP) is 3.56. The highest BCUT2D eigenvalue weighted by atomic mass is 35.5. The molecule has 0 unspecified atom stereocenters. The van der Waals surface area contributed by atoms with Crippen LogP contribution < -0.4 is 0 Å². The highest BCUT2D eigenvalue weighted by molar-refractivity contribution is 6.34. The molecule has 1 aromatic carbocycles. The van der Waals surface area contributed by atoms with Gasteiger partial charge < -0.3 is 0 Å². The molecule has 13 heavy (non-hydrogen) atoms. The zero-order valence-corrected chi connectivity index (χ0v) is 8.80. The van der Waals surface area contributed by atoms with Gasteiger partial charge in [0.05, 0.1) is 0 Å². The van der Waals surface area contributed by atoms with Crippen molar-refractivity contribution in [2.75, 3.05) is 6.54 Å². The summed E-state index contributed by atoms with van der Waals surface area (Å²) in [5, 5.41) is 0.778. The molecule has 0 heterocycles. The van der Waals surface area contributed by atoms with Crippen molar-refractivity contribution < 1.29 is 0 Å². The molecule has 0 radical (unpaired) electrons. The maximum absolute atomic E-state index is 6.02. The molecule has 0 aliphatic heterocycles. The van der Waals surface area contributed by atoms with E-state index in [9.17, 15) is 0 Å². The van der Waals surface area contributed by atoms with E-state index in [4.69, 9.17) is 11.6 Å². The lowest BCUT2D eigenvalue weighted by atomic mass is 10.1. The fourth-order valence-corrected chi connectivity index (χ4v) is 1.39. The summed E-state index contributed by atoms with van der Waals surface area (Å²) in [5.41, 5.74) is 2.06. The molecule has 0 atom stereocenters. The summed E-state index contributed by atoms with van der Waals surface area (Å²) >= 11 is 6.02. The molecule has 0 aliphatic rings. The lowest BCUT2D eigenvalue weighted by molar-refractivity contribution is 0.931. The lowest BCUT2D eigenvalue weighted by Gasteiger charge is -2.02. The molecule has 1 aromatic rings. The van der Waals surface area contributed by atoms with Crippen molar-refractivity contribution in [3.63, 3.8) is 0 Å². The van der Waals surface area contributed by atoms with Gasteiger partial charge in [-0.3, -0.25) is 4.99 Å². The maximum Gasteiger partial charge on any atom is 0.0496 e. The third-order valence-corrected chi connectivity index (χ3v) is 2.17. The number of hydrogen-bond acceptors (Lipinski definition) is 1. The molecule has 1 rings (SSSR count). The predicted molar refractivity (Wildman–Crippen MR) is 58.8 cm³/mol. The molecule has 0 amide bonds. The number of aliphatic imine (C=N–C) groups is 1. The highest BCUT2D eigenvalue weighted by Gasteiger charge is 2.00. The topological polar surface area (TPSA) is 12.4 Å². The minimum atomic E-state index is 0.778. The summed E-state index contributed by atoms with van der Waals surface area (Å²) in [7, 11) is 0. The first kappa shape index (κ1) is 10.3. The smallest absolute Gasteiger partial charge is 0.0496 e. The summed E-state index contributed by atoms with van der Waals surface area (Å²) < 4.78 is 0. The Morgan fingerprint density at radius 2 is 2.08 bits per heavy atom. The Balaban J connectivity index is 2.88. The fraction of sp³-hybridized carbons (Fsp3) is 0.364. The number of halogens is 1. The average Bonchev–Trinajstić information content (AvgIpc) is 2.15. The lowest BCUT2D eigenvalue weighted by Crippen LogP contribution is -1.96. The molecule has 0 bridgehead atoms. The quantitative estimate of drug-likeness (QED) is 0.654. The van der Waals surface area contributed by atoms with E-state index in [1.165, 1.54) is 0 Å². The van der Waals surface area contributed by atoms with Crippen LogP contribution in [-0.4, -0.2) is 12.3 Å². The average molecular weight is 196 g/mol. The molecule has 0 aromatic heterocycles. The summed E-state index contributed by atoms with van der Waals surface area (Å²) in [6, 6.07) is 7.80. The second-order valence-corrected chi connectivity index (χ2v) is 3.35. The fourth-order valence-electron chi connectivity index (χ4n) is 1.12. The molecule has 0 saturated heterocycles. The van der Waals surface area contributed by atoms with Crippen LogP contribution in [0.25, 0.3) is 0 Å². The van der Waals surface area contributed by atoms with Gasteiger partial charge >= 0.3 is 0 Å². The van der Waals surface area contributed by atoms with Crippen LogP contribution in [0, 0.1) is 0 Å². The minimum Gasteiger partial charge on any atom is -0.289 e. The Kier molecular flexibility index (Phi) is 3.97. The Bertz CT molecular complexity index is 305. The van der Waals surface area contributed by atoms with Gasteiger partial charge in [-0.25, -0.2) is 0 Å². The normalized spacial score (nSPS) is 11.8. The first-order chi connectivity index (χ1) is 6.25. The second-order valence-electron chi connectivity index (χ2n) is 2.95. The summed E-state index contributed by atoms with van der Waals surface area (Å²) in [6.07, 6.45) is 1.07.